The number of allylic oxidation sites excluding steroid dienone is 4. The van der Waals surface area contributed by atoms with Gasteiger partial charge in [0.25, 0.3) is 0 Å². The van der Waals surface area contributed by atoms with E-state index in [0.717, 1.165) is 18.4 Å². The molecule has 0 saturated heterocycles. The first kappa shape index (κ1) is 21.8. The van der Waals surface area contributed by atoms with Crippen molar-refractivity contribution in [3.05, 3.63) is 59.7 Å². The standard InChI is InChI=1S/C27H37NO/c1-2-6-22-12-14-25(15-13-22)26-16-18-27(19-17-26)29-21-24-10-8-23(9-11-24)7-4-3-5-20-28/h3-5,7,12-15,23-24,26-27H,2,6,8-11,16-19,21H2,1H3/b5-3+,7-4+. The molecule has 156 valence electrons. The van der Waals surface area contributed by atoms with Crippen LogP contribution >= 0.6 is 0 Å². The second-order valence-electron chi connectivity index (χ2n) is 8.95. The second kappa shape index (κ2) is 12.0. The van der Waals surface area contributed by atoms with Crippen LogP contribution in [0.15, 0.2) is 48.6 Å². The Kier molecular flexibility index (Phi) is 9.03. The van der Waals surface area contributed by atoms with Crippen LogP contribution in [0.3, 0.4) is 0 Å². The summed E-state index contributed by atoms with van der Waals surface area (Å²) in [5, 5.41) is 8.52. The summed E-state index contributed by atoms with van der Waals surface area (Å²) in [5.74, 6) is 2.13. The van der Waals surface area contributed by atoms with Crippen molar-refractivity contribution >= 4 is 0 Å². The van der Waals surface area contributed by atoms with Crippen LogP contribution in [0, 0.1) is 23.2 Å². The van der Waals surface area contributed by atoms with E-state index in [1.807, 2.05) is 18.2 Å². The number of benzene rings is 1. The van der Waals surface area contributed by atoms with Crippen LogP contribution < -0.4 is 0 Å². The quantitative estimate of drug-likeness (QED) is 0.349. The van der Waals surface area contributed by atoms with Crippen molar-refractivity contribution in [1.82, 2.24) is 0 Å². The van der Waals surface area contributed by atoms with Crippen molar-refractivity contribution < 1.29 is 4.74 Å². The monoisotopic (exact) mass is 391 g/mol. The normalized spacial score (nSPS) is 28.0. The Morgan fingerprint density at radius 2 is 1.69 bits per heavy atom. The summed E-state index contributed by atoms with van der Waals surface area (Å²) in [6.07, 6.45) is 20.6. The van der Waals surface area contributed by atoms with Gasteiger partial charge in [-0.15, -0.1) is 0 Å². The predicted molar refractivity (Wildman–Crippen MR) is 121 cm³/mol. The molecule has 0 atom stereocenters. The molecule has 2 heteroatoms. The van der Waals surface area contributed by atoms with Gasteiger partial charge in [0, 0.05) is 12.7 Å². The third kappa shape index (κ3) is 7.16. The van der Waals surface area contributed by atoms with E-state index >= 15 is 0 Å². The van der Waals surface area contributed by atoms with Gasteiger partial charge in [-0.25, -0.2) is 0 Å². The van der Waals surface area contributed by atoms with E-state index in [1.165, 1.54) is 81.4 Å². The zero-order valence-electron chi connectivity index (χ0n) is 18.1. The van der Waals surface area contributed by atoms with Gasteiger partial charge in [-0.1, -0.05) is 55.8 Å². The first-order chi connectivity index (χ1) is 14.3. The Bertz CT molecular complexity index is 680. The maximum absolute atomic E-state index is 8.52. The van der Waals surface area contributed by atoms with Crippen molar-refractivity contribution in [3.63, 3.8) is 0 Å². The molecule has 0 unspecified atom stereocenters. The molecule has 0 amide bonds. The molecule has 2 aliphatic rings. The van der Waals surface area contributed by atoms with Crippen molar-refractivity contribution in [1.29, 1.82) is 5.26 Å². The molecule has 2 nitrogen and oxygen atoms in total. The van der Waals surface area contributed by atoms with E-state index in [0.29, 0.717) is 12.0 Å². The fourth-order valence-electron chi connectivity index (χ4n) is 4.95. The summed E-state index contributed by atoms with van der Waals surface area (Å²) in [4.78, 5) is 0. The zero-order chi connectivity index (χ0) is 20.3. The molecule has 2 fully saturated rings. The van der Waals surface area contributed by atoms with Crippen LogP contribution in [0.5, 0.6) is 0 Å². The molecule has 0 heterocycles. The maximum atomic E-state index is 8.52. The molecule has 29 heavy (non-hydrogen) atoms. The highest BCUT2D eigenvalue weighted by Gasteiger charge is 2.25. The van der Waals surface area contributed by atoms with Crippen LogP contribution in [0.2, 0.25) is 0 Å². The number of aryl methyl sites for hydroxylation is 1. The van der Waals surface area contributed by atoms with Gasteiger partial charge < -0.3 is 4.74 Å². The largest absolute Gasteiger partial charge is 0.378 e. The van der Waals surface area contributed by atoms with E-state index in [9.17, 15) is 0 Å². The number of rotatable bonds is 8. The fourth-order valence-corrected chi connectivity index (χ4v) is 4.95. The predicted octanol–water partition coefficient (Wildman–Crippen LogP) is 7.12. The van der Waals surface area contributed by atoms with Gasteiger partial charge in [-0.05, 0) is 86.7 Å². The second-order valence-corrected chi connectivity index (χ2v) is 8.95. The molecule has 0 aromatic heterocycles. The summed E-state index contributed by atoms with van der Waals surface area (Å²) in [6.45, 7) is 3.19. The van der Waals surface area contributed by atoms with Gasteiger partial charge >= 0.3 is 0 Å². The van der Waals surface area contributed by atoms with E-state index in [1.54, 1.807) is 0 Å². The van der Waals surface area contributed by atoms with E-state index in [2.05, 4.69) is 37.3 Å². The lowest BCUT2D eigenvalue weighted by molar-refractivity contribution is -0.00337. The highest BCUT2D eigenvalue weighted by Crippen LogP contribution is 2.35. The lowest BCUT2D eigenvalue weighted by Gasteiger charge is -2.32. The lowest BCUT2D eigenvalue weighted by atomic mass is 9.81. The molecular weight excluding hydrogens is 354 g/mol. The minimum Gasteiger partial charge on any atom is -0.378 e. The molecule has 0 aliphatic heterocycles. The third-order valence-corrected chi connectivity index (χ3v) is 6.79. The number of hydrogen-bond acceptors (Lipinski definition) is 2. The molecule has 0 spiro atoms. The summed E-state index contributed by atoms with van der Waals surface area (Å²) < 4.78 is 6.34. The van der Waals surface area contributed by atoms with Crippen LogP contribution in [-0.4, -0.2) is 12.7 Å². The van der Waals surface area contributed by atoms with Gasteiger partial charge in [0.05, 0.1) is 12.2 Å². The summed E-state index contributed by atoms with van der Waals surface area (Å²) in [7, 11) is 0. The van der Waals surface area contributed by atoms with Crippen molar-refractivity contribution in [2.45, 2.75) is 83.2 Å². The topological polar surface area (TPSA) is 33.0 Å². The molecule has 0 radical (unpaired) electrons. The summed E-state index contributed by atoms with van der Waals surface area (Å²) in [6, 6.07) is 11.4. The average Bonchev–Trinajstić information content (AvgIpc) is 2.77. The van der Waals surface area contributed by atoms with Crippen LogP contribution in [0.4, 0.5) is 0 Å². The van der Waals surface area contributed by atoms with Crippen molar-refractivity contribution in [2.75, 3.05) is 6.61 Å². The molecule has 1 aromatic carbocycles. The minimum absolute atomic E-state index is 0.472. The number of nitriles is 1. The number of hydrogen-bond donors (Lipinski definition) is 0. The van der Waals surface area contributed by atoms with Gasteiger partial charge in [0.15, 0.2) is 0 Å². The SMILES string of the molecule is CCCc1ccc(C2CCC(OCC3CCC(/C=C/C=C/C#N)CC3)CC2)cc1. The van der Waals surface area contributed by atoms with E-state index in [4.69, 9.17) is 10.00 Å². The van der Waals surface area contributed by atoms with Crippen LogP contribution in [0.25, 0.3) is 0 Å². The van der Waals surface area contributed by atoms with Gasteiger partial charge in [0.1, 0.15) is 0 Å². The van der Waals surface area contributed by atoms with Gasteiger partial charge in [-0.2, -0.15) is 5.26 Å². The number of ether oxygens (including phenoxy) is 1. The first-order valence-corrected chi connectivity index (χ1v) is 11.7. The minimum atomic E-state index is 0.472. The van der Waals surface area contributed by atoms with Crippen LogP contribution in [0.1, 0.15) is 81.8 Å². The third-order valence-electron chi connectivity index (χ3n) is 6.79. The Morgan fingerprint density at radius 1 is 0.966 bits per heavy atom. The summed E-state index contributed by atoms with van der Waals surface area (Å²) >= 11 is 0. The zero-order valence-corrected chi connectivity index (χ0v) is 18.1. The smallest absolute Gasteiger partial charge is 0.0912 e. The van der Waals surface area contributed by atoms with E-state index < -0.39 is 0 Å². The molecule has 2 aliphatic carbocycles. The van der Waals surface area contributed by atoms with Crippen molar-refractivity contribution in [3.8, 4) is 6.07 Å². The Hall–Kier alpha value is -1.85. The number of nitrogens with zero attached hydrogens (tertiary/aromatic N) is 1. The maximum Gasteiger partial charge on any atom is 0.0912 e. The van der Waals surface area contributed by atoms with E-state index in [-0.39, 0.29) is 0 Å². The fraction of sp³-hybridized carbons (Fsp3) is 0.593. The Balaban J connectivity index is 1.33. The Morgan fingerprint density at radius 3 is 2.34 bits per heavy atom. The molecule has 0 N–H and O–H groups in total. The highest BCUT2D eigenvalue weighted by molar-refractivity contribution is 5.26. The highest BCUT2D eigenvalue weighted by atomic mass is 16.5. The van der Waals surface area contributed by atoms with Crippen molar-refractivity contribution in [2.24, 2.45) is 11.8 Å². The molecule has 2 saturated carbocycles. The molecule has 0 bridgehead atoms. The van der Waals surface area contributed by atoms with Gasteiger partial charge in [-0.3, -0.25) is 0 Å². The lowest BCUT2D eigenvalue weighted by Crippen LogP contribution is -2.25. The molecular formula is C27H37NO. The molecule has 3 rings (SSSR count). The first-order valence-electron chi connectivity index (χ1n) is 11.7. The van der Waals surface area contributed by atoms with Crippen LogP contribution in [-0.2, 0) is 11.2 Å². The van der Waals surface area contributed by atoms with Gasteiger partial charge in [0.2, 0.25) is 0 Å². The average molecular weight is 392 g/mol. The Labute approximate surface area is 177 Å². The summed E-state index contributed by atoms with van der Waals surface area (Å²) in [5.41, 5.74) is 3.00. The molecule has 1 aromatic rings.